The van der Waals surface area contributed by atoms with E-state index < -0.39 is 0 Å². The van der Waals surface area contributed by atoms with Crippen LogP contribution in [0.1, 0.15) is 31.9 Å². The fraction of sp³-hybridized carbons (Fsp3) is 0.462. The SMILES string of the molecule is CCSc1ccc(CNC(C)C)cc1C#N. The number of rotatable bonds is 5. The summed E-state index contributed by atoms with van der Waals surface area (Å²) in [6.07, 6.45) is 0. The minimum atomic E-state index is 0.468. The van der Waals surface area contributed by atoms with Gasteiger partial charge in [-0.1, -0.05) is 26.8 Å². The summed E-state index contributed by atoms with van der Waals surface area (Å²) in [5.74, 6) is 0.998. The molecule has 0 radical (unpaired) electrons. The van der Waals surface area contributed by atoms with Crippen molar-refractivity contribution in [1.82, 2.24) is 5.32 Å². The number of thioether (sulfide) groups is 1. The third kappa shape index (κ3) is 3.88. The van der Waals surface area contributed by atoms with E-state index in [1.807, 2.05) is 12.1 Å². The topological polar surface area (TPSA) is 35.8 Å². The molecule has 0 aliphatic carbocycles. The maximum atomic E-state index is 9.06. The van der Waals surface area contributed by atoms with Gasteiger partial charge in [0.1, 0.15) is 6.07 Å². The Labute approximate surface area is 102 Å². The largest absolute Gasteiger partial charge is 0.310 e. The molecule has 1 aromatic rings. The highest BCUT2D eigenvalue weighted by molar-refractivity contribution is 7.99. The van der Waals surface area contributed by atoms with Gasteiger partial charge in [-0.25, -0.2) is 0 Å². The molecule has 0 spiro atoms. The second-order valence-electron chi connectivity index (χ2n) is 3.91. The molecule has 0 saturated carbocycles. The van der Waals surface area contributed by atoms with E-state index in [-0.39, 0.29) is 0 Å². The highest BCUT2D eigenvalue weighted by atomic mass is 32.2. The Morgan fingerprint density at radius 2 is 2.19 bits per heavy atom. The highest BCUT2D eigenvalue weighted by Gasteiger charge is 2.03. The Hall–Kier alpha value is -0.980. The first-order valence-electron chi connectivity index (χ1n) is 5.56. The van der Waals surface area contributed by atoms with Gasteiger partial charge in [0, 0.05) is 17.5 Å². The van der Waals surface area contributed by atoms with E-state index in [0.29, 0.717) is 6.04 Å². The van der Waals surface area contributed by atoms with Crippen LogP contribution in [0.3, 0.4) is 0 Å². The summed E-state index contributed by atoms with van der Waals surface area (Å²) in [5.41, 5.74) is 1.96. The summed E-state index contributed by atoms with van der Waals surface area (Å²) in [6, 6.07) is 8.84. The minimum absolute atomic E-state index is 0.468. The standard InChI is InChI=1S/C13H18N2S/c1-4-16-13-6-5-11(7-12(13)8-14)9-15-10(2)3/h5-7,10,15H,4,9H2,1-3H3. The molecule has 0 fully saturated rings. The molecule has 86 valence electrons. The van der Waals surface area contributed by atoms with Crippen LogP contribution < -0.4 is 5.32 Å². The van der Waals surface area contributed by atoms with E-state index in [2.05, 4.69) is 38.2 Å². The summed E-state index contributed by atoms with van der Waals surface area (Å²) in [7, 11) is 0. The lowest BCUT2D eigenvalue weighted by Gasteiger charge is -2.09. The summed E-state index contributed by atoms with van der Waals surface area (Å²) >= 11 is 1.72. The molecule has 16 heavy (non-hydrogen) atoms. The third-order valence-electron chi connectivity index (χ3n) is 2.18. The van der Waals surface area contributed by atoms with Crippen molar-refractivity contribution in [3.63, 3.8) is 0 Å². The van der Waals surface area contributed by atoms with E-state index in [4.69, 9.17) is 5.26 Å². The van der Waals surface area contributed by atoms with Crippen LogP contribution in [0, 0.1) is 11.3 Å². The van der Waals surface area contributed by atoms with Crippen molar-refractivity contribution in [3.05, 3.63) is 29.3 Å². The van der Waals surface area contributed by atoms with Gasteiger partial charge in [0.05, 0.1) is 5.56 Å². The van der Waals surface area contributed by atoms with E-state index in [1.165, 1.54) is 5.56 Å². The third-order valence-corrected chi connectivity index (χ3v) is 3.13. The van der Waals surface area contributed by atoms with Gasteiger partial charge < -0.3 is 5.32 Å². The number of hydrogen-bond acceptors (Lipinski definition) is 3. The molecule has 3 heteroatoms. The molecule has 0 heterocycles. The van der Waals surface area contributed by atoms with Crippen LogP contribution in [0.5, 0.6) is 0 Å². The zero-order valence-corrected chi connectivity index (χ0v) is 10.9. The molecule has 0 aromatic heterocycles. The predicted molar refractivity (Wildman–Crippen MR) is 69.5 cm³/mol. The Morgan fingerprint density at radius 3 is 2.75 bits per heavy atom. The number of nitriles is 1. The van der Waals surface area contributed by atoms with Crippen molar-refractivity contribution in [2.24, 2.45) is 0 Å². The van der Waals surface area contributed by atoms with Crippen LogP contribution in [0.4, 0.5) is 0 Å². The molecule has 2 nitrogen and oxygen atoms in total. The Morgan fingerprint density at radius 1 is 1.44 bits per heavy atom. The molecule has 0 amide bonds. The molecular formula is C13H18N2S. The van der Waals surface area contributed by atoms with Crippen LogP contribution in [0.15, 0.2) is 23.1 Å². The van der Waals surface area contributed by atoms with Gasteiger partial charge in [-0.2, -0.15) is 5.26 Å². The zero-order valence-electron chi connectivity index (χ0n) is 10.1. The van der Waals surface area contributed by atoms with Gasteiger partial charge in [-0.3, -0.25) is 0 Å². The second-order valence-corrected chi connectivity index (χ2v) is 5.22. The normalized spacial score (nSPS) is 10.4. The van der Waals surface area contributed by atoms with Gasteiger partial charge in [0.25, 0.3) is 0 Å². The van der Waals surface area contributed by atoms with E-state index in [1.54, 1.807) is 11.8 Å². The van der Waals surface area contributed by atoms with Gasteiger partial charge in [0.2, 0.25) is 0 Å². The number of benzene rings is 1. The van der Waals surface area contributed by atoms with Crippen molar-refractivity contribution in [1.29, 1.82) is 5.26 Å². The molecular weight excluding hydrogens is 216 g/mol. The van der Waals surface area contributed by atoms with Gasteiger partial charge in [0.15, 0.2) is 0 Å². The first-order valence-corrected chi connectivity index (χ1v) is 6.55. The van der Waals surface area contributed by atoms with Crippen LogP contribution in [0.25, 0.3) is 0 Å². The summed E-state index contributed by atoms with van der Waals surface area (Å²) < 4.78 is 0. The average molecular weight is 234 g/mol. The first-order chi connectivity index (χ1) is 7.67. The summed E-state index contributed by atoms with van der Waals surface area (Å²) in [5, 5.41) is 12.4. The number of nitrogens with one attached hydrogen (secondary N) is 1. The molecule has 0 atom stereocenters. The molecule has 0 bridgehead atoms. The Kier molecular flexibility index (Phi) is 5.37. The van der Waals surface area contributed by atoms with Crippen molar-refractivity contribution < 1.29 is 0 Å². The molecule has 1 rings (SSSR count). The quantitative estimate of drug-likeness (QED) is 0.795. The average Bonchev–Trinajstić information content (AvgIpc) is 2.28. The fourth-order valence-corrected chi connectivity index (χ4v) is 2.11. The van der Waals surface area contributed by atoms with Crippen molar-refractivity contribution in [2.75, 3.05) is 5.75 Å². The Balaban J connectivity index is 2.79. The van der Waals surface area contributed by atoms with Gasteiger partial charge >= 0.3 is 0 Å². The molecule has 0 aliphatic heterocycles. The molecule has 1 aromatic carbocycles. The maximum absolute atomic E-state index is 9.06. The lowest BCUT2D eigenvalue weighted by molar-refractivity contribution is 0.588. The number of hydrogen-bond donors (Lipinski definition) is 1. The fourth-order valence-electron chi connectivity index (χ4n) is 1.38. The molecule has 0 unspecified atom stereocenters. The first kappa shape index (κ1) is 13.1. The lowest BCUT2D eigenvalue weighted by atomic mass is 10.1. The lowest BCUT2D eigenvalue weighted by Crippen LogP contribution is -2.21. The van der Waals surface area contributed by atoms with E-state index in [9.17, 15) is 0 Å². The maximum Gasteiger partial charge on any atom is 0.100 e. The van der Waals surface area contributed by atoms with Crippen LogP contribution in [0.2, 0.25) is 0 Å². The van der Waals surface area contributed by atoms with Crippen molar-refractivity contribution >= 4 is 11.8 Å². The number of nitrogens with zero attached hydrogens (tertiary/aromatic N) is 1. The molecule has 1 N–H and O–H groups in total. The molecule has 0 aliphatic rings. The van der Waals surface area contributed by atoms with Crippen molar-refractivity contribution in [3.8, 4) is 6.07 Å². The minimum Gasteiger partial charge on any atom is -0.310 e. The van der Waals surface area contributed by atoms with Gasteiger partial charge in [-0.05, 0) is 23.4 Å². The second kappa shape index (κ2) is 6.57. The summed E-state index contributed by atoms with van der Waals surface area (Å²) in [6.45, 7) is 7.16. The highest BCUT2D eigenvalue weighted by Crippen LogP contribution is 2.23. The van der Waals surface area contributed by atoms with Crippen molar-refractivity contribution in [2.45, 2.75) is 38.3 Å². The smallest absolute Gasteiger partial charge is 0.100 e. The monoisotopic (exact) mass is 234 g/mol. The van der Waals surface area contributed by atoms with Crippen LogP contribution >= 0.6 is 11.8 Å². The van der Waals surface area contributed by atoms with Gasteiger partial charge in [-0.15, -0.1) is 11.8 Å². The zero-order chi connectivity index (χ0) is 12.0. The van der Waals surface area contributed by atoms with Crippen LogP contribution in [-0.2, 0) is 6.54 Å². The van der Waals surface area contributed by atoms with E-state index >= 15 is 0 Å². The predicted octanol–water partition coefficient (Wildman–Crippen LogP) is 3.17. The molecule has 0 saturated heterocycles. The summed E-state index contributed by atoms with van der Waals surface area (Å²) in [4.78, 5) is 1.08. The Bertz CT molecular complexity index is 380. The van der Waals surface area contributed by atoms with E-state index in [0.717, 1.165) is 22.8 Å². The van der Waals surface area contributed by atoms with Crippen LogP contribution in [-0.4, -0.2) is 11.8 Å².